The lowest BCUT2D eigenvalue weighted by Crippen LogP contribution is -2.01. The number of carboxylic acid groups (broad SMARTS) is 1. The van der Waals surface area contributed by atoms with Crippen LogP contribution in [0.3, 0.4) is 0 Å². The highest BCUT2D eigenvalue weighted by atomic mass is 16.4. The summed E-state index contributed by atoms with van der Waals surface area (Å²) in [6, 6.07) is 5.59. The van der Waals surface area contributed by atoms with Gasteiger partial charge in [-0.15, -0.1) is 0 Å². The summed E-state index contributed by atoms with van der Waals surface area (Å²) >= 11 is 0. The Hall–Kier alpha value is -2.63. The molecule has 0 bridgehead atoms. The molecule has 0 radical (unpaired) electrons. The second kappa shape index (κ2) is 4.24. The summed E-state index contributed by atoms with van der Waals surface area (Å²) in [5.41, 5.74) is 3.15. The molecule has 6 nitrogen and oxygen atoms in total. The minimum Gasteiger partial charge on any atom is -0.481 e. The number of benzene rings is 1. The van der Waals surface area contributed by atoms with Crippen molar-refractivity contribution in [1.82, 2.24) is 15.0 Å². The fraction of sp³-hybridized carbons (Fsp3) is 0.154. The average Bonchev–Trinajstić information content (AvgIpc) is 2.92. The van der Waals surface area contributed by atoms with Crippen LogP contribution in [0, 0.1) is 6.92 Å². The zero-order chi connectivity index (χ0) is 13.4. The van der Waals surface area contributed by atoms with Gasteiger partial charge in [0.15, 0.2) is 11.5 Å². The molecule has 0 amide bonds. The van der Waals surface area contributed by atoms with Crippen LogP contribution in [0.4, 0.5) is 0 Å². The summed E-state index contributed by atoms with van der Waals surface area (Å²) in [6.07, 6.45) is 1.50. The summed E-state index contributed by atoms with van der Waals surface area (Å²) in [5.74, 6) is 0.130. The Morgan fingerprint density at radius 3 is 3.11 bits per heavy atom. The third-order valence-electron chi connectivity index (χ3n) is 2.75. The second-order valence-corrected chi connectivity index (χ2v) is 4.23. The van der Waals surface area contributed by atoms with Gasteiger partial charge < -0.3 is 14.5 Å². The molecule has 0 aliphatic heterocycles. The second-order valence-electron chi connectivity index (χ2n) is 4.23. The van der Waals surface area contributed by atoms with E-state index in [4.69, 9.17) is 9.52 Å². The van der Waals surface area contributed by atoms with E-state index in [1.54, 1.807) is 13.1 Å². The van der Waals surface area contributed by atoms with Crippen LogP contribution in [0.15, 0.2) is 28.8 Å². The van der Waals surface area contributed by atoms with Gasteiger partial charge in [-0.05, 0) is 18.2 Å². The summed E-state index contributed by atoms with van der Waals surface area (Å²) in [5, 5.41) is 8.71. The molecule has 0 unspecified atom stereocenters. The molecule has 0 fully saturated rings. The molecule has 3 aromatic rings. The Labute approximate surface area is 108 Å². The predicted molar refractivity (Wildman–Crippen MR) is 67.7 cm³/mol. The standard InChI is InChI=1S/C13H11N3O3/c1-7-15-9-4-8(2-3-11(9)19-7)10-6-14-12(16-10)5-13(17)18/h2-4,6H,5H2,1H3,(H,14,16)(H,17,18). The molecule has 2 aromatic heterocycles. The number of carboxylic acids is 1. The van der Waals surface area contributed by atoms with Crippen LogP contribution in [0.5, 0.6) is 0 Å². The summed E-state index contributed by atoms with van der Waals surface area (Å²) in [7, 11) is 0. The SMILES string of the molecule is Cc1nc2cc(-c3cnc(CC(=O)O)[nH]3)ccc2o1. The normalized spacial score (nSPS) is 11.0. The van der Waals surface area contributed by atoms with Crippen molar-refractivity contribution < 1.29 is 14.3 Å². The molecule has 6 heteroatoms. The van der Waals surface area contributed by atoms with Crippen molar-refractivity contribution in [2.24, 2.45) is 0 Å². The van der Waals surface area contributed by atoms with E-state index in [0.29, 0.717) is 11.7 Å². The van der Waals surface area contributed by atoms with E-state index in [1.165, 1.54) is 0 Å². The fourth-order valence-corrected chi connectivity index (χ4v) is 1.95. The first-order valence-electron chi connectivity index (χ1n) is 5.75. The first-order chi connectivity index (χ1) is 9.11. The lowest BCUT2D eigenvalue weighted by molar-refractivity contribution is -0.136. The van der Waals surface area contributed by atoms with Crippen molar-refractivity contribution in [2.45, 2.75) is 13.3 Å². The highest BCUT2D eigenvalue weighted by Gasteiger charge is 2.09. The van der Waals surface area contributed by atoms with Crippen molar-refractivity contribution in [2.75, 3.05) is 0 Å². The van der Waals surface area contributed by atoms with Gasteiger partial charge in [0.25, 0.3) is 0 Å². The van der Waals surface area contributed by atoms with Gasteiger partial charge >= 0.3 is 5.97 Å². The minimum atomic E-state index is -0.913. The molecule has 2 heterocycles. The van der Waals surface area contributed by atoms with Crippen LogP contribution in [0.2, 0.25) is 0 Å². The van der Waals surface area contributed by atoms with Gasteiger partial charge in [0.1, 0.15) is 17.8 Å². The maximum Gasteiger partial charge on any atom is 0.311 e. The molecule has 19 heavy (non-hydrogen) atoms. The van der Waals surface area contributed by atoms with Gasteiger partial charge in [0.2, 0.25) is 0 Å². The van der Waals surface area contributed by atoms with Gasteiger partial charge in [-0.2, -0.15) is 0 Å². The Morgan fingerprint density at radius 1 is 1.47 bits per heavy atom. The molecule has 96 valence electrons. The molecule has 0 aliphatic rings. The molecule has 0 aliphatic carbocycles. The van der Waals surface area contributed by atoms with E-state index in [1.807, 2.05) is 18.2 Å². The Bertz CT molecular complexity index is 757. The quantitative estimate of drug-likeness (QED) is 0.750. The highest BCUT2D eigenvalue weighted by Crippen LogP contribution is 2.23. The maximum absolute atomic E-state index is 10.6. The van der Waals surface area contributed by atoms with Gasteiger partial charge in [-0.25, -0.2) is 9.97 Å². The van der Waals surface area contributed by atoms with Gasteiger partial charge in [0.05, 0.1) is 11.9 Å². The van der Waals surface area contributed by atoms with Gasteiger partial charge in [-0.3, -0.25) is 4.79 Å². The molecule has 0 spiro atoms. The van der Waals surface area contributed by atoms with Crippen LogP contribution in [0.25, 0.3) is 22.4 Å². The van der Waals surface area contributed by atoms with E-state index in [2.05, 4.69) is 15.0 Å². The third-order valence-corrected chi connectivity index (χ3v) is 2.75. The Morgan fingerprint density at radius 2 is 2.32 bits per heavy atom. The number of aryl methyl sites for hydroxylation is 1. The summed E-state index contributed by atoms with van der Waals surface area (Å²) < 4.78 is 5.40. The molecule has 2 N–H and O–H groups in total. The van der Waals surface area contributed by atoms with Crippen LogP contribution in [-0.2, 0) is 11.2 Å². The number of carbonyl (C=O) groups is 1. The van der Waals surface area contributed by atoms with Crippen molar-refractivity contribution in [3.63, 3.8) is 0 Å². The number of rotatable bonds is 3. The molecular weight excluding hydrogens is 246 g/mol. The van der Waals surface area contributed by atoms with E-state index in [-0.39, 0.29) is 6.42 Å². The lowest BCUT2D eigenvalue weighted by Gasteiger charge is -1.96. The van der Waals surface area contributed by atoms with Crippen molar-refractivity contribution in [1.29, 1.82) is 0 Å². The number of H-pyrrole nitrogens is 1. The number of aliphatic carboxylic acids is 1. The Balaban J connectivity index is 1.98. The molecule has 0 saturated carbocycles. The molecule has 0 atom stereocenters. The van der Waals surface area contributed by atoms with E-state index in [9.17, 15) is 4.79 Å². The first-order valence-corrected chi connectivity index (χ1v) is 5.75. The topological polar surface area (TPSA) is 92.0 Å². The average molecular weight is 257 g/mol. The highest BCUT2D eigenvalue weighted by molar-refractivity contribution is 5.79. The number of aromatic amines is 1. The monoisotopic (exact) mass is 257 g/mol. The molecular formula is C13H11N3O3. The summed E-state index contributed by atoms with van der Waals surface area (Å²) in [4.78, 5) is 21.9. The Kier molecular flexibility index (Phi) is 2.56. The lowest BCUT2D eigenvalue weighted by atomic mass is 10.1. The van der Waals surface area contributed by atoms with Crippen molar-refractivity contribution in [3.05, 3.63) is 36.1 Å². The van der Waals surface area contributed by atoms with Gasteiger partial charge in [0, 0.05) is 12.5 Å². The molecule has 1 aromatic carbocycles. The van der Waals surface area contributed by atoms with Gasteiger partial charge in [-0.1, -0.05) is 0 Å². The largest absolute Gasteiger partial charge is 0.481 e. The number of imidazole rings is 1. The van der Waals surface area contributed by atoms with Crippen LogP contribution in [0.1, 0.15) is 11.7 Å². The number of fused-ring (bicyclic) bond motifs is 1. The predicted octanol–water partition coefficient (Wildman–Crippen LogP) is 2.15. The summed E-state index contributed by atoms with van der Waals surface area (Å²) in [6.45, 7) is 1.79. The van der Waals surface area contributed by atoms with E-state index in [0.717, 1.165) is 22.4 Å². The minimum absolute atomic E-state index is 0.120. The maximum atomic E-state index is 10.6. The molecule has 0 saturated heterocycles. The first kappa shape index (κ1) is 11.5. The van der Waals surface area contributed by atoms with Crippen molar-refractivity contribution in [3.8, 4) is 11.3 Å². The number of hydrogen-bond acceptors (Lipinski definition) is 4. The zero-order valence-electron chi connectivity index (χ0n) is 10.2. The number of oxazole rings is 1. The van der Waals surface area contributed by atoms with E-state index < -0.39 is 5.97 Å². The fourth-order valence-electron chi connectivity index (χ4n) is 1.95. The third kappa shape index (κ3) is 2.20. The van der Waals surface area contributed by atoms with Crippen LogP contribution in [-0.4, -0.2) is 26.0 Å². The van der Waals surface area contributed by atoms with E-state index >= 15 is 0 Å². The van der Waals surface area contributed by atoms with Crippen LogP contribution >= 0.6 is 0 Å². The number of nitrogens with one attached hydrogen (secondary N) is 1. The molecule has 3 rings (SSSR count). The van der Waals surface area contributed by atoms with Crippen molar-refractivity contribution >= 4 is 17.1 Å². The number of hydrogen-bond donors (Lipinski definition) is 2. The zero-order valence-corrected chi connectivity index (χ0v) is 10.2. The smallest absolute Gasteiger partial charge is 0.311 e. The van der Waals surface area contributed by atoms with Crippen LogP contribution < -0.4 is 0 Å². The number of aromatic nitrogens is 3. The number of nitrogens with zero attached hydrogens (tertiary/aromatic N) is 2.